The summed E-state index contributed by atoms with van der Waals surface area (Å²) in [7, 11) is 0. The molecule has 1 aromatic heterocycles. The number of nitrogen functional groups attached to an aromatic ring is 1. The first-order chi connectivity index (χ1) is 12.5. The van der Waals surface area contributed by atoms with Gasteiger partial charge in [-0.25, -0.2) is 9.37 Å². The number of anilines is 2. The molecule has 1 amide bonds. The Balaban J connectivity index is 2.04. The first-order valence-electron chi connectivity index (χ1n) is 8.44. The van der Waals surface area contributed by atoms with E-state index in [0.717, 1.165) is 12.8 Å². The van der Waals surface area contributed by atoms with Crippen molar-refractivity contribution < 1.29 is 13.9 Å². The number of halogens is 1. The summed E-state index contributed by atoms with van der Waals surface area (Å²) in [6.45, 7) is 4.10. The van der Waals surface area contributed by atoms with E-state index < -0.39 is 11.7 Å². The van der Waals surface area contributed by atoms with Crippen molar-refractivity contribution in [2.75, 3.05) is 17.7 Å². The van der Waals surface area contributed by atoms with Gasteiger partial charge in [0, 0.05) is 18.5 Å². The number of amides is 1. The summed E-state index contributed by atoms with van der Waals surface area (Å²) in [5.74, 6) is 4.96. The summed E-state index contributed by atoms with van der Waals surface area (Å²) >= 11 is 0. The molecule has 0 aliphatic heterocycles. The van der Waals surface area contributed by atoms with Crippen molar-refractivity contribution in [1.82, 2.24) is 4.98 Å². The van der Waals surface area contributed by atoms with E-state index in [9.17, 15) is 9.18 Å². The number of aryl methyl sites for hydroxylation is 1. The molecule has 5 nitrogen and oxygen atoms in total. The zero-order chi connectivity index (χ0) is 18.9. The molecule has 2 rings (SSSR count). The monoisotopic (exact) mass is 355 g/mol. The molecule has 136 valence electrons. The molecular formula is C20H22FN3O2. The number of nitrogens with one attached hydrogen (secondary N) is 1. The van der Waals surface area contributed by atoms with Gasteiger partial charge in [0.2, 0.25) is 0 Å². The summed E-state index contributed by atoms with van der Waals surface area (Å²) in [6.07, 6.45) is 2.36. The number of nitrogens with two attached hydrogens (primary N) is 1. The summed E-state index contributed by atoms with van der Waals surface area (Å²) in [6, 6.07) is 7.79. The third kappa shape index (κ3) is 5.21. The van der Waals surface area contributed by atoms with Crippen molar-refractivity contribution in [3.63, 3.8) is 0 Å². The molecule has 1 heterocycles. The lowest BCUT2D eigenvalue weighted by Gasteiger charge is -2.11. The molecule has 1 aromatic carbocycles. The number of pyridine rings is 1. The Hall–Kier alpha value is -3.07. The van der Waals surface area contributed by atoms with E-state index >= 15 is 0 Å². The predicted molar refractivity (Wildman–Crippen MR) is 101 cm³/mol. The number of carbonyl (C=O) groups excluding carboxylic acids is 1. The van der Waals surface area contributed by atoms with Gasteiger partial charge in [-0.3, -0.25) is 4.79 Å². The highest BCUT2D eigenvalue weighted by Crippen LogP contribution is 2.25. The molecule has 2 aromatic rings. The number of unbranched alkanes of at least 4 members (excludes halogenated alkanes) is 1. The molecular weight excluding hydrogens is 333 g/mol. The number of hydrogen-bond donors (Lipinski definition) is 2. The number of rotatable bonds is 6. The van der Waals surface area contributed by atoms with Crippen molar-refractivity contribution in [2.24, 2.45) is 0 Å². The molecule has 0 fully saturated rings. The lowest BCUT2D eigenvalue weighted by Crippen LogP contribution is -2.16. The van der Waals surface area contributed by atoms with Crippen LogP contribution in [0.15, 0.2) is 30.3 Å². The van der Waals surface area contributed by atoms with Crippen molar-refractivity contribution in [3.8, 4) is 17.6 Å². The first-order valence-corrected chi connectivity index (χ1v) is 8.44. The average molecular weight is 355 g/mol. The number of aromatic nitrogens is 1. The topological polar surface area (TPSA) is 77.2 Å². The summed E-state index contributed by atoms with van der Waals surface area (Å²) in [4.78, 5) is 16.3. The Kier molecular flexibility index (Phi) is 6.98. The molecule has 0 saturated carbocycles. The number of hydrogen-bond acceptors (Lipinski definition) is 4. The largest absolute Gasteiger partial charge is 0.489 e. The maximum Gasteiger partial charge on any atom is 0.259 e. The Morgan fingerprint density at radius 3 is 2.77 bits per heavy atom. The number of ether oxygens (including phenoxy) is 1. The van der Waals surface area contributed by atoms with Crippen molar-refractivity contribution in [2.45, 2.75) is 33.1 Å². The van der Waals surface area contributed by atoms with Crippen LogP contribution in [0, 0.1) is 24.6 Å². The van der Waals surface area contributed by atoms with Gasteiger partial charge in [-0.05, 0) is 37.6 Å². The molecule has 0 radical (unpaired) electrons. The van der Waals surface area contributed by atoms with Crippen LogP contribution < -0.4 is 15.8 Å². The lowest BCUT2D eigenvalue weighted by molar-refractivity contribution is 0.102. The number of benzene rings is 1. The van der Waals surface area contributed by atoms with Crippen LogP contribution in [-0.2, 0) is 0 Å². The van der Waals surface area contributed by atoms with Gasteiger partial charge in [-0.15, -0.1) is 5.92 Å². The second-order valence-electron chi connectivity index (χ2n) is 5.66. The minimum atomic E-state index is -0.638. The predicted octanol–water partition coefficient (Wildman–Crippen LogP) is 3.94. The quantitative estimate of drug-likeness (QED) is 0.608. The van der Waals surface area contributed by atoms with Crippen LogP contribution in [0.5, 0.6) is 5.75 Å². The van der Waals surface area contributed by atoms with E-state index in [1.54, 1.807) is 25.1 Å². The van der Waals surface area contributed by atoms with Crippen LogP contribution in [0.25, 0.3) is 0 Å². The normalized spacial score (nSPS) is 9.96. The summed E-state index contributed by atoms with van der Waals surface area (Å²) in [5, 5.41) is 2.50. The standard InChI is InChI=1S/C20H22FN3O2/c1-3-4-5-6-7-13-26-17-10-8-9-16(18(17)21)24-20(25)15-12-11-14(2)23-19(15)22/h8-12H,3-4,7,13H2,1-2H3,(H2,22,23)(H,24,25). The number of nitrogens with zero attached hydrogens (tertiary/aromatic N) is 1. The fraction of sp³-hybridized carbons (Fsp3) is 0.300. The van der Waals surface area contributed by atoms with E-state index in [0.29, 0.717) is 12.1 Å². The van der Waals surface area contributed by atoms with E-state index in [1.807, 2.05) is 0 Å². The zero-order valence-electron chi connectivity index (χ0n) is 14.9. The van der Waals surface area contributed by atoms with Crippen LogP contribution in [0.4, 0.5) is 15.9 Å². The third-order valence-corrected chi connectivity index (χ3v) is 3.50. The molecule has 6 heteroatoms. The SMILES string of the molecule is CCCC#CCCOc1cccc(NC(=O)c2ccc(C)nc2N)c1F. The average Bonchev–Trinajstić information content (AvgIpc) is 2.60. The first kappa shape index (κ1) is 19.3. The van der Waals surface area contributed by atoms with Crippen LogP contribution in [0.2, 0.25) is 0 Å². The van der Waals surface area contributed by atoms with Crippen LogP contribution in [0.3, 0.4) is 0 Å². The lowest BCUT2D eigenvalue weighted by atomic mass is 10.2. The Morgan fingerprint density at radius 2 is 2.04 bits per heavy atom. The van der Waals surface area contributed by atoms with Gasteiger partial charge in [-0.1, -0.05) is 18.9 Å². The van der Waals surface area contributed by atoms with E-state index in [2.05, 4.69) is 29.1 Å². The third-order valence-electron chi connectivity index (χ3n) is 3.50. The highest BCUT2D eigenvalue weighted by molar-refractivity contribution is 6.07. The van der Waals surface area contributed by atoms with Crippen molar-refractivity contribution in [3.05, 3.63) is 47.4 Å². The fourth-order valence-electron chi connectivity index (χ4n) is 2.19. The molecule has 0 unspecified atom stereocenters. The van der Waals surface area contributed by atoms with E-state index in [-0.39, 0.29) is 29.4 Å². The maximum absolute atomic E-state index is 14.5. The van der Waals surface area contributed by atoms with E-state index in [4.69, 9.17) is 10.5 Å². The van der Waals surface area contributed by atoms with Gasteiger partial charge < -0.3 is 15.8 Å². The minimum Gasteiger partial charge on any atom is -0.489 e. The maximum atomic E-state index is 14.5. The molecule has 0 bridgehead atoms. The smallest absolute Gasteiger partial charge is 0.259 e. The van der Waals surface area contributed by atoms with Crippen molar-refractivity contribution in [1.29, 1.82) is 0 Å². The van der Waals surface area contributed by atoms with Crippen LogP contribution in [-0.4, -0.2) is 17.5 Å². The molecule has 26 heavy (non-hydrogen) atoms. The van der Waals surface area contributed by atoms with Crippen molar-refractivity contribution >= 4 is 17.4 Å². The highest BCUT2D eigenvalue weighted by atomic mass is 19.1. The van der Waals surface area contributed by atoms with Gasteiger partial charge in [0.15, 0.2) is 11.6 Å². The molecule has 3 N–H and O–H groups in total. The molecule has 0 spiro atoms. The van der Waals surface area contributed by atoms with Gasteiger partial charge in [0.1, 0.15) is 5.82 Å². The van der Waals surface area contributed by atoms with Gasteiger partial charge in [0.25, 0.3) is 5.91 Å². The molecule has 0 saturated heterocycles. The van der Waals surface area contributed by atoms with E-state index in [1.165, 1.54) is 12.1 Å². The van der Waals surface area contributed by atoms with Crippen LogP contribution in [0.1, 0.15) is 42.2 Å². The second kappa shape index (κ2) is 9.42. The zero-order valence-corrected chi connectivity index (χ0v) is 14.9. The summed E-state index contributed by atoms with van der Waals surface area (Å²) in [5.41, 5.74) is 6.66. The molecule has 0 aliphatic carbocycles. The Labute approximate surface area is 152 Å². The Morgan fingerprint density at radius 1 is 1.27 bits per heavy atom. The minimum absolute atomic E-state index is 0.0181. The van der Waals surface area contributed by atoms with Gasteiger partial charge in [-0.2, -0.15) is 0 Å². The summed E-state index contributed by atoms with van der Waals surface area (Å²) < 4.78 is 19.9. The van der Waals surface area contributed by atoms with Gasteiger partial charge in [0.05, 0.1) is 17.9 Å². The van der Waals surface area contributed by atoms with Crippen LogP contribution >= 0.6 is 0 Å². The molecule has 0 aliphatic rings. The fourth-order valence-corrected chi connectivity index (χ4v) is 2.19. The molecule has 0 atom stereocenters. The Bertz CT molecular complexity index is 841. The number of carbonyl (C=O) groups is 1. The second-order valence-corrected chi connectivity index (χ2v) is 5.66. The highest BCUT2D eigenvalue weighted by Gasteiger charge is 2.15. The van der Waals surface area contributed by atoms with Gasteiger partial charge >= 0.3 is 0 Å².